The molecule has 20 heavy (non-hydrogen) atoms. The maximum Gasteiger partial charge on any atom is 0.251 e. The zero-order valence-electron chi connectivity index (χ0n) is 11.3. The Hall–Kier alpha value is -2.08. The fraction of sp³-hybridized carbons (Fsp3) is 0.286. The molecule has 0 fully saturated rings. The predicted molar refractivity (Wildman–Crippen MR) is 77.5 cm³/mol. The number of phenols is 1. The van der Waals surface area contributed by atoms with Gasteiger partial charge in [-0.3, -0.25) is 4.79 Å². The number of amides is 1. The number of carbonyl (C=O) groups is 1. The Morgan fingerprint density at radius 1 is 1.50 bits per heavy atom. The standard InChI is InChI=1S/C14H16N2O3S/c1-9-16-11(8-20-9)5-6-15-14(18)10-3-4-13(19-2)12(17)7-10/h3-4,7-8,17H,5-6H2,1-2H3,(H,15,18). The van der Waals surface area contributed by atoms with E-state index in [1.165, 1.54) is 13.2 Å². The van der Waals surface area contributed by atoms with E-state index in [9.17, 15) is 9.90 Å². The van der Waals surface area contributed by atoms with Crippen molar-refractivity contribution in [3.63, 3.8) is 0 Å². The molecule has 1 aromatic carbocycles. The van der Waals surface area contributed by atoms with E-state index in [-0.39, 0.29) is 11.7 Å². The van der Waals surface area contributed by atoms with E-state index in [2.05, 4.69) is 10.3 Å². The summed E-state index contributed by atoms with van der Waals surface area (Å²) in [6, 6.07) is 4.57. The number of aromatic nitrogens is 1. The second kappa shape index (κ2) is 6.38. The Labute approximate surface area is 121 Å². The summed E-state index contributed by atoms with van der Waals surface area (Å²) >= 11 is 1.59. The first kappa shape index (κ1) is 14.3. The van der Waals surface area contributed by atoms with E-state index in [1.807, 2.05) is 12.3 Å². The molecule has 2 N–H and O–H groups in total. The summed E-state index contributed by atoms with van der Waals surface area (Å²) in [6.45, 7) is 2.46. The van der Waals surface area contributed by atoms with Gasteiger partial charge in [-0.25, -0.2) is 4.98 Å². The first-order valence-electron chi connectivity index (χ1n) is 6.16. The van der Waals surface area contributed by atoms with Crippen LogP contribution in [0.25, 0.3) is 0 Å². The third-order valence-corrected chi connectivity index (χ3v) is 3.60. The average Bonchev–Trinajstić information content (AvgIpc) is 2.84. The molecule has 0 aliphatic heterocycles. The normalized spacial score (nSPS) is 10.3. The third-order valence-electron chi connectivity index (χ3n) is 2.77. The molecule has 5 nitrogen and oxygen atoms in total. The predicted octanol–water partition coefficient (Wildman–Crippen LogP) is 2.14. The Balaban J connectivity index is 1.90. The van der Waals surface area contributed by atoms with Gasteiger partial charge in [0.25, 0.3) is 5.91 Å². The lowest BCUT2D eigenvalue weighted by Gasteiger charge is -2.07. The van der Waals surface area contributed by atoms with Crippen LogP contribution < -0.4 is 10.1 Å². The topological polar surface area (TPSA) is 71.5 Å². The highest BCUT2D eigenvalue weighted by atomic mass is 32.1. The Kier molecular flexibility index (Phi) is 4.57. The average molecular weight is 292 g/mol. The van der Waals surface area contributed by atoms with Gasteiger partial charge in [-0.2, -0.15) is 0 Å². The number of thiazole rings is 1. The van der Waals surface area contributed by atoms with Crippen molar-refractivity contribution in [2.24, 2.45) is 0 Å². The number of rotatable bonds is 5. The summed E-state index contributed by atoms with van der Waals surface area (Å²) in [5.41, 5.74) is 1.38. The molecular weight excluding hydrogens is 276 g/mol. The van der Waals surface area contributed by atoms with Gasteiger partial charge in [0.15, 0.2) is 11.5 Å². The van der Waals surface area contributed by atoms with E-state index in [1.54, 1.807) is 23.5 Å². The molecule has 0 aliphatic carbocycles. The van der Waals surface area contributed by atoms with Crippen molar-refractivity contribution in [3.05, 3.63) is 39.8 Å². The molecule has 106 valence electrons. The number of hydrogen-bond acceptors (Lipinski definition) is 5. The van der Waals surface area contributed by atoms with Gasteiger partial charge in [0.1, 0.15) is 0 Å². The fourth-order valence-corrected chi connectivity index (χ4v) is 2.41. The highest BCUT2D eigenvalue weighted by Crippen LogP contribution is 2.26. The summed E-state index contributed by atoms with van der Waals surface area (Å²) < 4.78 is 4.93. The molecule has 0 radical (unpaired) electrons. The lowest BCUT2D eigenvalue weighted by atomic mass is 10.2. The number of nitrogens with zero attached hydrogens (tertiary/aromatic N) is 1. The number of aromatic hydroxyl groups is 1. The molecule has 0 saturated heterocycles. The maximum atomic E-state index is 11.9. The number of hydrogen-bond donors (Lipinski definition) is 2. The number of benzene rings is 1. The Bertz CT molecular complexity index is 610. The van der Waals surface area contributed by atoms with Crippen LogP contribution >= 0.6 is 11.3 Å². The first-order valence-corrected chi connectivity index (χ1v) is 7.04. The number of nitrogens with one attached hydrogen (secondary N) is 1. The quantitative estimate of drug-likeness (QED) is 0.885. The minimum atomic E-state index is -0.227. The lowest BCUT2D eigenvalue weighted by molar-refractivity contribution is 0.0953. The van der Waals surface area contributed by atoms with Crippen LogP contribution in [0, 0.1) is 6.92 Å². The van der Waals surface area contributed by atoms with E-state index >= 15 is 0 Å². The molecule has 0 bridgehead atoms. The molecule has 0 atom stereocenters. The molecule has 0 aliphatic rings. The minimum absolute atomic E-state index is 0.0460. The zero-order chi connectivity index (χ0) is 14.5. The van der Waals surface area contributed by atoms with Crippen molar-refractivity contribution in [1.82, 2.24) is 10.3 Å². The highest BCUT2D eigenvalue weighted by molar-refractivity contribution is 7.09. The van der Waals surface area contributed by atoms with E-state index in [0.717, 1.165) is 10.7 Å². The molecule has 0 unspecified atom stereocenters. The van der Waals surface area contributed by atoms with E-state index in [0.29, 0.717) is 24.3 Å². The summed E-state index contributed by atoms with van der Waals surface area (Å²) in [7, 11) is 1.46. The summed E-state index contributed by atoms with van der Waals surface area (Å²) in [4.78, 5) is 16.2. The van der Waals surface area contributed by atoms with Gasteiger partial charge in [-0.1, -0.05) is 0 Å². The molecule has 1 aromatic heterocycles. The van der Waals surface area contributed by atoms with Gasteiger partial charge < -0.3 is 15.2 Å². The van der Waals surface area contributed by atoms with Crippen LogP contribution in [-0.2, 0) is 6.42 Å². The van der Waals surface area contributed by atoms with Gasteiger partial charge in [0.2, 0.25) is 0 Å². The Morgan fingerprint density at radius 3 is 2.90 bits per heavy atom. The van der Waals surface area contributed by atoms with Gasteiger partial charge >= 0.3 is 0 Å². The Morgan fingerprint density at radius 2 is 2.30 bits per heavy atom. The number of aryl methyl sites for hydroxylation is 1. The molecule has 0 saturated carbocycles. The zero-order valence-corrected chi connectivity index (χ0v) is 12.2. The maximum absolute atomic E-state index is 11.9. The summed E-state index contributed by atoms with van der Waals surface area (Å²) in [5, 5.41) is 15.4. The van der Waals surface area contributed by atoms with Gasteiger partial charge in [-0.15, -0.1) is 11.3 Å². The fourth-order valence-electron chi connectivity index (χ4n) is 1.76. The second-order valence-electron chi connectivity index (χ2n) is 4.25. The molecule has 1 amide bonds. The van der Waals surface area contributed by atoms with Crippen molar-refractivity contribution in [3.8, 4) is 11.5 Å². The second-order valence-corrected chi connectivity index (χ2v) is 5.31. The third kappa shape index (κ3) is 3.48. The number of methoxy groups -OCH3 is 1. The summed E-state index contributed by atoms with van der Waals surface area (Å²) in [5.74, 6) is 0.0738. The number of carbonyl (C=O) groups excluding carboxylic acids is 1. The van der Waals surface area contributed by atoms with Crippen LogP contribution in [0.3, 0.4) is 0 Å². The van der Waals surface area contributed by atoms with Crippen molar-refractivity contribution in [2.45, 2.75) is 13.3 Å². The largest absolute Gasteiger partial charge is 0.504 e. The van der Waals surface area contributed by atoms with Crippen LogP contribution in [0.4, 0.5) is 0 Å². The van der Waals surface area contributed by atoms with Gasteiger partial charge in [0, 0.05) is 23.9 Å². The van der Waals surface area contributed by atoms with Crippen LogP contribution in [-0.4, -0.2) is 29.7 Å². The van der Waals surface area contributed by atoms with Crippen LogP contribution in [0.1, 0.15) is 21.1 Å². The van der Waals surface area contributed by atoms with Crippen LogP contribution in [0.2, 0.25) is 0 Å². The van der Waals surface area contributed by atoms with E-state index in [4.69, 9.17) is 4.74 Å². The SMILES string of the molecule is COc1ccc(C(=O)NCCc2csc(C)n2)cc1O. The molecular formula is C14H16N2O3S. The van der Waals surface area contributed by atoms with Crippen LogP contribution in [0.15, 0.2) is 23.6 Å². The smallest absolute Gasteiger partial charge is 0.251 e. The molecule has 2 aromatic rings. The highest BCUT2D eigenvalue weighted by Gasteiger charge is 2.09. The first-order chi connectivity index (χ1) is 9.60. The molecule has 0 spiro atoms. The molecule has 6 heteroatoms. The molecule has 2 rings (SSSR count). The van der Waals surface area contributed by atoms with E-state index < -0.39 is 0 Å². The van der Waals surface area contributed by atoms with Crippen molar-refractivity contribution in [1.29, 1.82) is 0 Å². The van der Waals surface area contributed by atoms with Gasteiger partial charge in [0.05, 0.1) is 17.8 Å². The molecule has 1 heterocycles. The minimum Gasteiger partial charge on any atom is -0.504 e. The summed E-state index contributed by atoms with van der Waals surface area (Å²) in [6.07, 6.45) is 0.693. The van der Waals surface area contributed by atoms with Crippen molar-refractivity contribution < 1.29 is 14.6 Å². The number of ether oxygens (including phenoxy) is 1. The number of phenolic OH excluding ortho intramolecular Hbond substituents is 1. The van der Waals surface area contributed by atoms with Crippen LogP contribution in [0.5, 0.6) is 11.5 Å². The van der Waals surface area contributed by atoms with Crippen molar-refractivity contribution >= 4 is 17.2 Å². The van der Waals surface area contributed by atoms with Gasteiger partial charge in [-0.05, 0) is 25.1 Å². The van der Waals surface area contributed by atoms with Crippen molar-refractivity contribution in [2.75, 3.05) is 13.7 Å². The monoisotopic (exact) mass is 292 g/mol. The lowest BCUT2D eigenvalue weighted by Crippen LogP contribution is -2.25.